The molecule has 6 heteroatoms. The van der Waals surface area contributed by atoms with Crippen molar-refractivity contribution in [3.05, 3.63) is 44.3 Å². The van der Waals surface area contributed by atoms with Gasteiger partial charge in [0.25, 0.3) is 0 Å². The van der Waals surface area contributed by atoms with Crippen molar-refractivity contribution in [3.8, 4) is 5.75 Å². The first-order valence-electron chi connectivity index (χ1n) is 5.74. The molecule has 0 saturated heterocycles. The summed E-state index contributed by atoms with van der Waals surface area (Å²) >= 11 is 5.01. The number of nitrogens with zero attached hydrogens (tertiary/aromatic N) is 1. The number of hydrogen-bond donors (Lipinski definition) is 2. The van der Waals surface area contributed by atoms with Gasteiger partial charge in [0.05, 0.1) is 23.4 Å². The Hall–Kier alpha value is -1.40. The average Bonchev–Trinajstić information content (AvgIpc) is 2.75. The summed E-state index contributed by atoms with van der Waals surface area (Å²) in [5.41, 5.74) is 9.06. The van der Waals surface area contributed by atoms with Crippen LogP contribution in [0, 0.1) is 12.3 Å². The van der Waals surface area contributed by atoms with Crippen LogP contribution in [0.15, 0.2) is 28.2 Å². The van der Waals surface area contributed by atoms with E-state index in [9.17, 15) is 0 Å². The highest BCUT2D eigenvalue weighted by atomic mass is 79.9. The molecule has 1 aromatic carbocycles. The van der Waals surface area contributed by atoms with E-state index in [4.69, 9.17) is 15.9 Å². The van der Waals surface area contributed by atoms with Crippen molar-refractivity contribution >= 4 is 33.1 Å². The maximum atomic E-state index is 7.59. The van der Waals surface area contributed by atoms with E-state index in [2.05, 4.69) is 20.9 Å². The Morgan fingerprint density at radius 1 is 1.53 bits per heavy atom. The third-order valence-corrected chi connectivity index (χ3v) is 4.33. The van der Waals surface area contributed by atoms with E-state index in [0.717, 1.165) is 16.6 Å². The zero-order valence-electron chi connectivity index (χ0n) is 10.4. The van der Waals surface area contributed by atoms with Crippen molar-refractivity contribution in [2.45, 2.75) is 13.3 Å². The lowest BCUT2D eigenvalue weighted by Gasteiger charge is -2.11. The van der Waals surface area contributed by atoms with E-state index in [-0.39, 0.29) is 5.84 Å². The second-order valence-corrected chi connectivity index (χ2v) is 5.78. The Morgan fingerprint density at radius 3 is 2.95 bits per heavy atom. The van der Waals surface area contributed by atoms with Crippen LogP contribution in [0.5, 0.6) is 5.75 Å². The van der Waals surface area contributed by atoms with Crippen LogP contribution in [0.4, 0.5) is 0 Å². The minimum Gasteiger partial charge on any atom is -0.492 e. The Balaban J connectivity index is 2.06. The molecule has 1 aromatic heterocycles. The number of rotatable bonds is 5. The second-order valence-electron chi connectivity index (χ2n) is 3.99. The molecule has 0 saturated carbocycles. The zero-order valence-corrected chi connectivity index (χ0v) is 12.8. The summed E-state index contributed by atoms with van der Waals surface area (Å²) in [5.74, 6) is 0.625. The molecule has 0 bridgehead atoms. The average molecular weight is 340 g/mol. The van der Waals surface area contributed by atoms with Gasteiger partial charge >= 0.3 is 0 Å². The van der Waals surface area contributed by atoms with E-state index in [1.807, 2.05) is 30.6 Å². The lowest BCUT2D eigenvalue weighted by atomic mass is 10.2. The minimum atomic E-state index is -0.00329. The highest BCUT2D eigenvalue weighted by molar-refractivity contribution is 9.10. The molecule has 0 amide bonds. The van der Waals surface area contributed by atoms with E-state index in [1.165, 1.54) is 4.88 Å². The number of nitrogens with two attached hydrogens (primary N) is 1. The smallest absolute Gasteiger partial charge is 0.131 e. The van der Waals surface area contributed by atoms with Crippen molar-refractivity contribution in [1.82, 2.24) is 4.98 Å². The molecule has 2 aromatic rings. The van der Waals surface area contributed by atoms with Gasteiger partial charge in [-0.15, -0.1) is 11.3 Å². The van der Waals surface area contributed by atoms with E-state index in [1.54, 1.807) is 11.3 Å². The summed E-state index contributed by atoms with van der Waals surface area (Å²) in [6.45, 7) is 2.53. The van der Waals surface area contributed by atoms with Crippen LogP contribution in [-0.2, 0) is 6.42 Å². The number of benzene rings is 1. The first-order chi connectivity index (χ1) is 9.09. The van der Waals surface area contributed by atoms with Crippen LogP contribution in [0.2, 0.25) is 0 Å². The van der Waals surface area contributed by atoms with Gasteiger partial charge < -0.3 is 10.5 Å². The normalized spacial score (nSPS) is 10.4. The van der Waals surface area contributed by atoms with Crippen LogP contribution < -0.4 is 10.5 Å². The van der Waals surface area contributed by atoms with Gasteiger partial charge in [-0.1, -0.05) is 6.07 Å². The summed E-state index contributed by atoms with van der Waals surface area (Å²) in [5, 5.41) is 7.59. The first kappa shape index (κ1) is 14.0. The van der Waals surface area contributed by atoms with Gasteiger partial charge in [-0.2, -0.15) is 0 Å². The highest BCUT2D eigenvalue weighted by Crippen LogP contribution is 2.26. The number of amidine groups is 1. The number of halogens is 1. The molecular weight excluding hydrogens is 326 g/mol. The molecule has 2 rings (SSSR count). The fourth-order valence-electron chi connectivity index (χ4n) is 1.71. The lowest BCUT2D eigenvalue weighted by molar-refractivity contribution is 0.322. The summed E-state index contributed by atoms with van der Waals surface area (Å²) in [4.78, 5) is 5.43. The van der Waals surface area contributed by atoms with Gasteiger partial charge in [-0.25, -0.2) is 4.98 Å². The molecule has 19 heavy (non-hydrogen) atoms. The largest absolute Gasteiger partial charge is 0.492 e. The zero-order chi connectivity index (χ0) is 13.8. The number of thiazole rings is 1. The lowest BCUT2D eigenvalue weighted by Crippen LogP contribution is -2.14. The monoisotopic (exact) mass is 339 g/mol. The molecular formula is C13H14BrN3OS. The molecule has 3 N–H and O–H groups in total. The predicted octanol–water partition coefficient (Wildman–Crippen LogP) is 3.12. The van der Waals surface area contributed by atoms with Crippen molar-refractivity contribution < 1.29 is 4.74 Å². The topological polar surface area (TPSA) is 72.0 Å². The quantitative estimate of drug-likeness (QED) is 0.649. The summed E-state index contributed by atoms with van der Waals surface area (Å²) in [6, 6.07) is 5.53. The molecule has 100 valence electrons. The van der Waals surface area contributed by atoms with E-state index >= 15 is 0 Å². The fraction of sp³-hybridized carbons (Fsp3) is 0.231. The van der Waals surface area contributed by atoms with Gasteiger partial charge in [0.15, 0.2) is 0 Å². The Bertz CT molecular complexity index is 597. The predicted molar refractivity (Wildman–Crippen MR) is 81.2 cm³/mol. The first-order valence-corrected chi connectivity index (χ1v) is 7.41. The van der Waals surface area contributed by atoms with Crippen molar-refractivity contribution in [1.29, 1.82) is 5.41 Å². The van der Waals surface area contributed by atoms with Crippen LogP contribution in [0.3, 0.4) is 0 Å². The maximum Gasteiger partial charge on any atom is 0.131 e. The van der Waals surface area contributed by atoms with Crippen molar-refractivity contribution in [2.24, 2.45) is 5.73 Å². The molecule has 0 aliphatic heterocycles. The Kier molecular flexibility index (Phi) is 4.55. The van der Waals surface area contributed by atoms with Crippen LogP contribution in [-0.4, -0.2) is 17.4 Å². The maximum absolute atomic E-state index is 7.59. The standard InChI is InChI=1S/C13H14BrN3OS/c1-8-11(19-7-17-8)5-6-18-10-4-2-3-9(14)12(10)13(15)16/h2-4,7H,5-6H2,1H3,(H3,15,16). The van der Waals surface area contributed by atoms with Gasteiger partial charge in [0.2, 0.25) is 0 Å². The van der Waals surface area contributed by atoms with Crippen LogP contribution in [0.25, 0.3) is 0 Å². The molecule has 0 aliphatic rings. The fourth-order valence-corrected chi connectivity index (χ4v) is 3.03. The molecule has 0 fully saturated rings. The minimum absolute atomic E-state index is 0.00329. The molecule has 0 spiro atoms. The summed E-state index contributed by atoms with van der Waals surface area (Å²) in [7, 11) is 0. The third kappa shape index (κ3) is 3.33. The highest BCUT2D eigenvalue weighted by Gasteiger charge is 2.11. The van der Waals surface area contributed by atoms with Gasteiger partial charge in [0.1, 0.15) is 11.6 Å². The number of hydrogen-bond acceptors (Lipinski definition) is 4. The van der Waals surface area contributed by atoms with E-state index < -0.39 is 0 Å². The number of ether oxygens (including phenoxy) is 1. The number of nitrogens with one attached hydrogen (secondary N) is 1. The number of nitrogen functional groups attached to an aromatic ring is 1. The molecule has 0 atom stereocenters. The summed E-state index contributed by atoms with van der Waals surface area (Å²) < 4.78 is 6.51. The summed E-state index contributed by atoms with van der Waals surface area (Å²) in [6.07, 6.45) is 0.806. The van der Waals surface area contributed by atoms with Crippen molar-refractivity contribution in [3.63, 3.8) is 0 Å². The second kappa shape index (κ2) is 6.16. The molecule has 0 radical (unpaired) electrons. The third-order valence-electron chi connectivity index (χ3n) is 2.68. The molecule has 0 unspecified atom stereocenters. The molecule has 1 heterocycles. The Morgan fingerprint density at radius 2 is 2.32 bits per heavy atom. The van der Waals surface area contributed by atoms with Gasteiger partial charge in [-0.3, -0.25) is 5.41 Å². The molecule has 0 aliphatic carbocycles. The van der Waals surface area contributed by atoms with Gasteiger partial charge in [0, 0.05) is 15.8 Å². The number of aryl methyl sites for hydroxylation is 1. The van der Waals surface area contributed by atoms with Crippen LogP contribution in [0.1, 0.15) is 16.1 Å². The van der Waals surface area contributed by atoms with Crippen molar-refractivity contribution in [2.75, 3.05) is 6.61 Å². The molecule has 4 nitrogen and oxygen atoms in total. The van der Waals surface area contributed by atoms with Crippen LogP contribution >= 0.6 is 27.3 Å². The Labute approximate surface area is 124 Å². The van der Waals surface area contributed by atoms with Gasteiger partial charge in [-0.05, 0) is 35.0 Å². The SMILES string of the molecule is Cc1ncsc1CCOc1cccc(Br)c1C(=N)N. The number of aromatic nitrogens is 1. The van der Waals surface area contributed by atoms with E-state index in [0.29, 0.717) is 17.9 Å².